The minimum absolute atomic E-state index is 0.171. The van der Waals surface area contributed by atoms with Crippen LogP contribution in [0.1, 0.15) is 5.56 Å². The number of anilines is 1. The van der Waals surface area contributed by atoms with Gasteiger partial charge in [-0.05, 0) is 38.2 Å². The average Bonchev–Trinajstić information content (AvgIpc) is 3.31. The molecule has 0 spiro atoms. The molecule has 0 bridgehead atoms. The Morgan fingerprint density at radius 1 is 1.20 bits per heavy atom. The minimum atomic E-state index is -0.903. The van der Waals surface area contributed by atoms with E-state index in [-0.39, 0.29) is 11.8 Å². The van der Waals surface area contributed by atoms with Gasteiger partial charge in [-0.2, -0.15) is 5.10 Å². The number of hydrogen-bond donors (Lipinski definition) is 2. The van der Waals surface area contributed by atoms with Crippen LogP contribution in [-0.2, 0) is 7.05 Å². The smallest absolute Gasteiger partial charge is 0.159 e. The lowest BCUT2D eigenvalue weighted by Gasteiger charge is -2.18. The summed E-state index contributed by atoms with van der Waals surface area (Å²) in [5, 5.41) is 20.0. The number of phenols is 1. The van der Waals surface area contributed by atoms with Crippen molar-refractivity contribution in [1.29, 1.82) is 0 Å². The third-order valence-electron chi connectivity index (χ3n) is 5.91. The quantitative estimate of drug-likeness (QED) is 0.545. The third-order valence-corrected chi connectivity index (χ3v) is 5.91. The standard InChI is InChI=1S/C22H23FN6O/c1-12-20-14(9-28(3)27-20)7-16(21(12)30)18-5-4-13-6-15(8-25-22(13)26-18)29-10-17(23)19(11-29)24-2/h4-9,17,19,24,30H,10-11H2,1-3H3/t17-,19+/m0/s1. The second kappa shape index (κ2) is 6.91. The van der Waals surface area contributed by atoms with E-state index in [2.05, 4.69) is 20.4 Å². The Morgan fingerprint density at radius 2 is 2.03 bits per heavy atom. The Balaban J connectivity index is 1.53. The first-order valence-corrected chi connectivity index (χ1v) is 9.94. The van der Waals surface area contributed by atoms with E-state index in [4.69, 9.17) is 0 Å². The van der Waals surface area contributed by atoms with Crippen LogP contribution in [0, 0.1) is 6.92 Å². The van der Waals surface area contributed by atoms with E-state index in [1.807, 2.05) is 49.3 Å². The molecule has 1 fully saturated rings. The van der Waals surface area contributed by atoms with Crippen molar-refractivity contribution in [3.05, 3.63) is 42.2 Å². The fourth-order valence-electron chi connectivity index (χ4n) is 4.21. The molecule has 4 heterocycles. The number of aryl methyl sites for hydroxylation is 2. The van der Waals surface area contributed by atoms with Gasteiger partial charge in [0.1, 0.15) is 11.9 Å². The fourth-order valence-corrected chi connectivity index (χ4v) is 4.21. The molecule has 0 unspecified atom stereocenters. The Hall–Kier alpha value is -3.26. The molecule has 30 heavy (non-hydrogen) atoms. The number of aromatic hydroxyl groups is 1. The molecule has 7 nitrogen and oxygen atoms in total. The summed E-state index contributed by atoms with van der Waals surface area (Å²) < 4.78 is 15.8. The van der Waals surface area contributed by atoms with Crippen molar-refractivity contribution in [1.82, 2.24) is 25.1 Å². The van der Waals surface area contributed by atoms with E-state index >= 15 is 0 Å². The van der Waals surface area contributed by atoms with Crippen molar-refractivity contribution in [2.24, 2.45) is 7.05 Å². The number of benzene rings is 1. The van der Waals surface area contributed by atoms with Crippen LogP contribution in [0.3, 0.4) is 0 Å². The molecule has 154 valence electrons. The van der Waals surface area contributed by atoms with Crippen LogP contribution in [0.4, 0.5) is 10.1 Å². The summed E-state index contributed by atoms with van der Waals surface area (Å²) in [6.45, 7) is 2.81. The number of nitrogens with zero attached hydrogens (tertiary/aromatic N) is 5. The van der Waals surface area contributed by atoms with Gasteiger partial charge in [0.2, 0.25) is 0 Å². The summed E-state index contributed by atoms with van der Waals surface area (Å²) in [5.74, 6) is 0.175. The predicted molar refractivity (Wildman–Crippen MR) is 116 cm³/mol. The molecular formula is C22H23FN6O. The Kier molecular flexibility index (Phi) is 4.32. The zero-order valence-electron chi connectivity index (χ0n) is 17.1. The molecule has 0 saturated carbocycles. The topological polar surface area (TPSA) is 79.1 Å². The van der Waals surface area contributed by atoms with Gasteiger partial charge in [0.15, 0.2) is 5.65 Å². The van der Waals surface area contributed by atoms with Crippen LogP contribution < -0.4 is 10.2 Å². The van der Waals surface area contributed by atoms with E-state index in [9.17, 15) is 9.50 Å². The summed E-state index contributed by atoms with van der Waals surface area (Å²) in [6, 6.07) is 7.53. The molecule has 2 atom stereocenters. The van der Waals surface area contributed by atoms with E-state index in [0.29, 0.717) is 30.0 Å². The molecule has 1 aliphatic heterocycles. The zero-order chi connectivity index (χ0) is 21.0. The van der Waals surface area contributed by atoms with Crippen LogP contribution in [0.2, 0.25) is 0 Å². The highest BCUT2D eigenvalue weighted by Gasteiger charge is 2.32. The van der Waals surface area contributed by atoms with Gasteiger partial charge < -0.3 is 15.3 Å². The number of likely N-dealkylation sites (N-methyl/N-ethyl adjacent to an activating group) is 1. The third kappa shape index (κ3) is 2.95. The molecule has 0 radical (unpaired) electrons. The molecule has 2 N–H and O–H groups in total. The number of alkyl halides is 1. The van der Waals surface area contributed by atoms with Crippen LogP contribution in [0.15, 0.2) is 36.7 Å². The van der Waals surface area contributed by atoms with Crippen molar-refractivity contribution in [2.45, 2.75) is 19.1 Å². The Labute approximate surface area is 173 Å². The number of pyridine rings is 2. The van der Waals surface area contributed by atoms with Crippen molar-refractivity contribution in [2.75, 3.05) is 25.0 Å². The van der Waals surface area contributed by atoms with Gasteiger partial charge in [-0.1, -0.05) is 0 Å². The van der Waals surface area contributed by atoms with E-state index in [0.717, 1.165) is 27.5 Å². The summed E-state index contributed by atoms with van der Waals surface area (Å²) in [5.41, 5.74) is 4.27. The predicted octanol–water partition coefficient (Wildman–Crippen LogP) is 2.94. The molecular weight excluding hydrogens is 383 g/mol. The SMILES string of the molecule is CN[C@@H]1CN(c2cnc3nc(-c4cc5cn(C)nc5c(C)c4O)ccc3c2)C[C@@H]1F. The lowest BCUT2D eigenvalue weighted by Crippen LogP contribution is -2.34. The molecule has 1 aromatic carbocycles. The van der Waals surface area contributed by atoms with Gasteiger partial charge in [-0.15, -0.1) is 0 Å². The Morgan fingerprint density at radius 3 is 2.80 bits per heavy atom. The monoisotopic (exact) mass is 406 g/mol. The zero-order valence-corrected chi connectivity index (χ0v) is 17.1. The van der Waals surface area contributed by atoms with Crippen molar-refractivity contribution in [3.63, 3.8) is 0 Å². The van der Waals surface area contributed by atoms with Gasteiger partial charge >= 0.3 is 0 Å². The van der Waals surface area contributed by atoms with Crippen LogP contribution >= 0.6 is 0 Å². The maximum Gasteiger partial charge on any atom is 0.159 e. The van der Waals surface area contributed by atoms with E-state index < -0.39 is 6.17 Å². The molecule has 8 heteroatoms. The lowest BCUT2D eigenvalue weighted by molar-refractivity contribution is 0.310. The number of aromatic nitrogens is 4. The molecule has 1 saturated heterocycles. The summed E-state index contributed by atoms with van der Waals surface area (Å²) >= 11 is 0. The number of rotatable bonds is 3. The number of nitrogens with one attached hydrogen (secondary N) is 1. The second-order valence-electron chi connectivity index (χ2n) is 7.89. The molecule has 0 amide bonds. The maximum atomic E-state index is 14.1. The van der Waals surface area contributed by atoms with E-state index in [1.165, 1.54) is 0 Å². The number of hydrogen-bond acceptors (Lipinski definition) is 6. The van der Waals surface area contributed by atoms with Gasteiger partial charge in [0, 0.05) is 41.7 Å². The first kappa shape index (κ1) is 18.7. The van der Waals surface area contributed by atoms with Gasteiger partial charge in [-0.25, -0.2) is 14.4 Å². The van der Waals surface area contributed by atoms with Crippen molar-refractivity contribution < 1.29 is 9.50 Å². The lowest BCUT2D eigenvalue weighted by atomic mass is 10.0. The van der Waals surface area contributed by atoms with Gasteiger partial charge in [-0.3, -0.25) is 4.68 Å². The van der Waals surface area contributed by atoms with Crippen molar-refractivity contribution >= 4 is 27.6 Å². The maximum absolute atomic E-state index is 14.1. The van der Waals surface area contributed by atoms with Crippen molar-refractivity contribution in [3.8, 4) is 17.0 Å². The summed E-state index contributed by atoms with van der Waals surface area (Å²) in [7, 11) is 3.64. The molecule has 0 aliphatic carbocycles. The summed E-state index contributed by atoms with van der Waals surface area (Å²) in [4.78, 5) is 11.2. The van der Waals surface area contributed by atoms with E-state index in [1.54, 1.807) is 17.9 Å². The molecule has 5 rings (SSSR count). The van der Waals surface area contributed by atoms with Crippen LogP contribution in [0.5, 0.6) is 5.75 Å². The highest BCUT2D eigenvalue weighted by Crippen LogP contribution is 2.36. The highest BCUT2D eigenvalue weighted by molar-refractivity contribution is 5.91. The van der Waals surface area contributed by atoms with Crippen LogP contribution in [-0.4, -0.2) is 57.2 Å². The fraction of sp³-hybridized carbons (Fsp3) is 0.318. The Bertz CT molecular complexity index is 1270. The number of fused-ring (bicyclic) bond motifs is 2. The normalized spacial score (nSPS) is 19.3. The van der Waals surface area contributed by atoms with Crippen LogP contribution in [0.25, 0.3) is 33.2 Å². The first-order chi connectivity index (χ1) is 14.4. The number of phenolic OH excluding ortho intramolecular Hbond substituents is 1. The summed E-state index contributed by atoms with van der Waals surface area (Å²) in [6.07, 6.45) is 2.75. The minimum Gasteiger partial charge on any atom is -0.507 e. The molecule has 1 aliphatic rings. The van der Waals surface area contributed by atoms with Gasteiger partial charge in [0.25, 0.3) is 0 Å². The highest BCUT2D eigenvalue weighted by atomic mass is 19.1. The largest absolute Gasteiger partial charge is 0.507 e. The average molecular weight is 406 g/mol. The molecule has 3 aromatic heterocycles. The number of halogens is 1. The molecule has 4 aromatic rings. The first-order valence-electron chi connectivity index (χ1n) is 9.94. The van der Waals surface area contributed by atoms with Gasteiger partial charge in [0.05, 0.1) is 35.7 Å². The second-order valence-corrected chi connectivity index (χ2v) is 7.89.